The van der Waals surface area contributed by atoms with E-state index < -0.39 is 0 Å². The first-order chi connectivity index (χ1) is 10.1. The van der Waals surface area contributed by atoms with Gasteiger partial charge in [-0.1, -0.05) is 57.0 Å². The number of aryl methyl sites for hydroxylation is 1. The Morgan fingerprint density at radius 1 is 1.05 bits per heavy atom. The molecule has 0 amide bonds. The second kappa shape index (κ2) is 9.97. The van der Waals surface area contributed by atoms with E-state index in [9.17, 15) is 0 Å². The van der Waals surface area contributed by atoms with Gasteiger partial charge in [0, 0.05) is 6.61 Å². The first kappa shape index (κ1) is 18.2. The molecule has 0 aliphatic heterocycles. The second-order valence-corrected chi connectivity index (χ2v) is 6.27. The summed E-state index contributed by atoms with van der Waals surface area (Å²) in [6.45, 7) is 12.9. The maximum Gasteiger partial charge on any atom is 0.0741 e. The summed E-state index contributed by atoms with van der Waals surface area (Å²) in [4.78, 5) is 0. The lowest BCUT2D eigenvalue weighted by Crippen LogP contribution is -2.33. The average molecular weight is 291 g/mol. The van der Waals surface area contributed by atoms with Gasteiger partial charge in [0.2, 0.25) is 0 Å². The smallest absolute Gasteiger partial charge is 0.0741 e. The molecule has 0 aromatic heterocycles. The van der Waals surface area contributed by atoms with Gasteiger partial charge in [-0.2, -0.15) is 0 Å². The van der Waals surface area contributed by atoms with Crippen LogP contribution >= 0.6 is 0 Å². The van der Waals surface area contributed by atoms with E-state index in [1.54, 1.807) is 0 Å². The van der Waals surface area contributed by atoms with Crippen LogP contribution in [-0.4, -0.2) is 19.3 Å². The van der Waals surface area contributed by atoms with E-state index >= 15 is 0 Å². The van der Waals surface area contributed by atoms with Crippen molar-refractivity contribution in [1.29, 1.82) is 0 Å². The Labute approximate surface area is 131 Å². The number of rotatable bonds is 10. The number of benzene rings is 1. The third-order valence-corrected chi connectivity index (χ3v) is 3.95. The van der Waals surface area contributed by atoms with Crippen molar-refractivity contribution in [2.75, 3.05) is 13.2 Å². The Morgan fingerprint density at radius 2 is 1.71 bits per heavy atom. The molecule has 1 aromatic rings. The summed E-state index contributed by atoms with van der Waals surface area (Å²) >= 11 is 0. The van der Waals surface area contributed by atoms with Crippen LogP contribution in [0.25, 0.3) is 0 Å². The molecule has 1 aromatic carbocycles. The van der Waals surface area contributed by atoms with Crippen molar-refractivity contribution in [3.8, 4) is 0 Å². The molecule has 120 valence electrons. The van der Waals surface area contributed by atoms with Crippen molar-refractivity contribution in [2.45, 2.75) is 66.0 Å². The van der Waals surface area contributed by atoms with Crippen LogP contribution in [0.2, 0.25) is 0 Å². The van der Waals surface area contributed by atoms with Crippen LogP contribution in [0, 0.1) is 12.8 Å². The second-order valence-electron chi connectivity index (χ2n) is 6.27. The van der Waals surface area contributed by atoms with Gasteiger partial charge in [0.15, 0.2) is 0 Å². The van der Waals surface area contributed by atoms with Crippen molar-refractivity contribution in [1.82, 2.24) is 5.32 Å². The maximum atomic E-state index is 6.14. The third-order valence-electron chi connectivity index (χ3n) is 3.95. The van der Waals surface area contributed by atoms with Crippen molar-refractivity contribution in [3.05, 3.63) is 35.4 Å². The number of nitrogens with one attached hydrogen (secondary N) is 1. The lowest BCUT2D eigenvalue weighted by molar-refractivity contribution is 0.0182. The molecule has 0 heterocycles. The van der Waals surface area contributed by atoms with Crippen molar-refractivity contribution >= 4 is 0 Å². The molecule has 2 heteroatoms. The monoisotopic (exact) mass is 291 g/mol. The molecule has 0 spiro atoms. The van der Waals surface area contributed by atoms with Crippen LogP contribution in [0.5, 0.6) is 0 Å². The van der Waals surface area contributed by atoms with Crippen LogP contribution in [0.1, 0.15) is 64.1 Å². The van der Waals surface area contributed by atoms with E-state index in [2.05, 4.69) is 64.2 Å². The quantitative estimate of drug-likeness (QED) is 0.663. The van der Waals surface area contributed by atoms with Crippen LogP contribution in [0.3, 0.4) is 0 Å². The minimum absolute atomic E-state index is 0.193. The van der Waals surface area contributed by atoms with Crippen LogP contribution in [-0.2, 0) is 4.74 Å². The lowest BCUT2D eigenvalue weighted by Gasteiger charge is -2.27. The van der Waals surface area contributed by atoms with Crippen molar-refractivity contribution in [2.24, 2.45) is 5.92 Å². The lowest BCUT2D eigenvalue weighted by atomic mass is 10.0. The van der Waals surface area contributed by atoms with Crippen LogP contribution < -0.4 is 5.32 Å². The van der Waals surface area contributed by atoms with E-state index in [1.807, 2.05) is 0 Å². The zero-order valence-electron chi connectivity index (χ0n) is 14.5. The highest BCUT2D eigenvalue weighted by molar-refractivity contribution is 5.24. The summed E-state index contributed by atoms with van der Waals surface area (Å²) < 4.78 is 6.14. The van der Waals surface area contributed by atoms with Gasteiger partial charge < -0.3 is 10.1 Å². The van der Waals surface area contributed by atoms with Crippen molar-refractivity contribution in [3.63, 3.8) is 0 Å². The third kappa shape index (κ3) is 6.62. The predicted molar refractivity (Wildman–Crippen MR) is 91.7 cm³/mol. The molecule has 0 fully saturated rings. The molecule has 0 aliphatic rings. The van der Waals surface area contributed by atoms with Crippen LogP contribution in [0.4, 0.5) is 0 Å². The number of hydrogen-bond acceptors (Lipinski definition) is 2. The zero-order valence-corrected chi connectivity index (χ0v) is 14.5. The Morgan fingerprint density at radius 3 is 2.29 bits per heavy atom. The van der Waals surface area contributed by atoms with E-state index in [-0.39, 0.29) is 12.1 Å². The SMILES string of the molecule is CCCNC(c1ccc(C)cc1)C(C)OCC(C)CCC. The molecular weight excluding hydrogens is 258 g/mol. The predicted octanol–water partition coefficient (Wildman–Crippen LogP) is 4.88. The summed E-state index contributed by atoms with van der Waals surface area (Å²) in [6, 6.07) is 9.08. The van der Waals surface area contributed by atoms with Gasteiger partial charge in [-0.05, 0) is 44.7 Å². The highest BCUT2D eigenvalue weighted by Gasteiger charge is 2.19. The van der Waals surface area contributed by atoms with E-state index in [4.69, 9.17) is 4.74 Å². The summed E-state index contributed by atoms with van der Waals surface area (Å²) in [5, 5.41) is 3.64. The largest absolute Gasteiger partial charge is 0.376 e. The van der Waals surface area contributed by atoms with Crippen LogP contribution in [0.15, 0.2) is 24.3 Å². The Hall–Kier alpha value is -0.860. The molecule has 0 radical (unpaired) electrons. The van der Waals surface area contributed by atoms with Gasteiger partial charge in [0.05, 0.1) is 12.1 Å². The molecule has 1 rings (SSSR count). The van der Waals surface area contributed by atoms with Gasteiger partial charge in [-0.15, -0.1) is 0 Å². The molecule has 1 N–H and O–H groups in total. The van der Waals surface area contributed by atoms with E-state index in [0.29, 0.717) is 5.92 Å². The number of hydrogen-bond donors (Lipinski definition) is 1. The topological polar surface area (TPSA) is 21.3 Å². The fourth-order valence-electron chi connectivity index (χ4n) is 2.62. The van der Waals surface area contributed by atoms with Gasteiger partial charge in [0.1, 0.15) is 0 Å². The normalized spacial score (nSPS) is 15.7. The van der Waals surface area contributed by atoms with Gasteiger partial charge in [0.25, 0.3) is 0 Å². The van der Waals surface area contributed by atoms with E-state index in [1.165, 1.54) is 24.0 Å². The maximum absolute atomic E-state index is 6.14. The first-order valence-electron chi connectivity index (χ1n) is 8.50. The summed E-state index contributed by atoms with van der Waals surface area (Å²) in [5.41, 5.74) is 2.63. The standard InChI is InChI=1S/C19H33NO/c1-6-8-16(4)14-21-17(5)19(20-13-7-2)18-11-9-15(3)10-12-18/h9-12,16-17,19-20H,6-8,13-14H2,1-5H3. The van der Waals surface area contributed by atoms with Gasteiger partial charge in [-0.25, -0.2) is 0 Å². The van der Waals surface area contributed by atoms with Gasteiger partial charge >= 0.3 is 0 Å². The molecule has 0 aliphatic carbocycles. The average Bonchev–Trinajstić information content (AvgIpc) is 2.47. The molecule has 21 heavy (non-hydrogen) atoms. The molecule has 3 unspecified atom stereocenters. The van der Waals surface area contributed by atoms with Gasteiger partial charge in [-0.3, -0.25) is 0 Å². The summed E-state index contributed by atoms with van der Waals surface area (Å²) in [7, 11) is 0. The number of ether oxygens (including phenoxy) is 1. The molecule has 0 bridgehead atoms. The summed E-state index contributed by atoms with van der Waals surface area (Å²) in [6.07, 6.45) is 3.80. The van der Waals surface area contributed by atoms with E-state index in [0.717, 1.165) is 19.6 Å². The first-order valence-corrected chi connectivity index (χ1v) is 8.50. The Kier molecular flexibility index (Phi) is 8.63. The molecule has 0 saturated carbocycles. The highest BCUT2D eigenvalue weighted by atomic mass is 16.5. The Balaban J connectivity index is 2.65. The molecule has 3 atom stereocenters. The fraction of sp³-hybridized carbons (Fsp3) is 0.684. The minimum atomic E-state index is 0.193. The fourth-order valence-corrected chi connectivity index (χ4v) is 2.62. The minimum Gasteiger partial charge on any atom is -0.376 e. The summed E-state index contributed by atoms with van der Waals surface area (Å²) in [5.74, 6) is 0.641. The van der Waals surface area contributed by atoms with Crippen molar-refractivity contribution < 1.29 is 4.74 Å². The molecule has 2 nitrogen and oxygen atoms in total. The molecular formula is C19H33NO. The zero-order chi connectivity index (χ0) is 15.7. The highest BCUT2D eigenvalue weighted by Crippen LogP contribution is 2.21. The molecule has 0 saturated heterocycles. The Bertz CT molecular complexity index is 374.